The van der Waals surface area contributed by atoms with Gasteiger partial charge in [0.1, 0.15) is 6.17 Å². The molecule has 132 valence electrons. The molecule has 6 N–H and O–H groups in total. The number of fused-ring (bicyclic) bond motifs is 1. The lowest BCUT2D eigenvalue weighted by Crippen LogP contribution is -2.59. The molecule has 3 aliphatic heterocycles. The van der Waals surface area contributed by atoms with Gasteiger partial charge in [-0.2, -0.15) is 0 Å². The van der Waals surface area contributed by atoms with Crippen molar-refractivity contribution < 1.29 is 13.9 Å². The van der Waals surface area contributed by atoms with Crippen molar-refractivity contribution in [3.05, 3.63) is 0 Å². The summed E-state index contributed by atoms with van der Waals surface area (Å²) in [4.78, 5) is 12.7. The molecule has 0 bridgehead atoms. The predicted molar refractivity (Wildman–Crippen MR) is 85.5 cm³/mol. The van der Waals surface area contributed by atoms with Crippen molar-refractivity contribution >= 4 is 17.9 Å². The summed E-state index contributed by atoms with van der Waals surface area (Å²) in [5.41, 5.74) is 9.04. The van der Waals surface area contributed by atoms with E-state index in [4.69, 9.17) is 10.5 Å². The monoisotopic (exact) mass is 348 g/mol. The van der Waals surface area contributed by atoms with E-state index in [2.05, 4.69) is 27.7 Å². The predicted octanol–water partition coefficient (Wildman–Crippen LogP) is -1.68. The molecule has 3 saturated heterocycles. The molecule has 3 rings (SSSR count). The third-order valence-electron chi connectivity index (χ3n) is 4.68. The molecule has 0 spiro atoms. The summed E-state index contributed by atoms with van der Waals surface area (Å²) in [5, 5.41) is 7.74. The number of amides is 1. The Morgan fingerprint density at radius 1 is 1.57 bits per heavy atom. The standard InChI is InChI=1S/C13H25FN6O2S/c1-6-8(5-22-2)13(23-19-6)17-12(21)9-10(15)18-20-4-7(14)3-16-11(9)20/h6-11,13,16,18-19H,3-5,15H2,1-2H3,(H,17,21). The first-order valence-electron chi connectivity index (χ1n) is 7.87. The van der Waals surface area contributed by atoms with E-state index in [1.165, 1.54) is 11.9 Å². The lowest BCUT2D eigenvalue weighted by Gasteiger charge is -2.34. The first-order chi connectivity index (χ1) is 11.0. The summed E-state index contributed by atoms with van der Waals surface area (Å²) in [6, 6.07) is 0.247. The molecular formula is C13H25FN6O2S. The Labute approximate surface area is 139 Å². The topological polar surface area (TPSA) is 104 Å². The molecule has 0 aromatic carbocycles. The number of carbonyl (C=O) groups is 1. The molecule has 0 aromatic heterocycles. The number of carbonyl (C=O) groups excluding carboxylic acids is 1. The van der Waals surface area contributed by atoms with Crippen LogP contribution in [0.15, 0.2) is 0 Å². The molecule has 8 nitrogen and oxygen atoms in total. The molecule has 23 heavy (non-hydrogen) atoms. The Balaban J connectivity index is 1.63. The number of rotatable bonds is 4. The van der Waals surface area contributed by atoms with E-state index < -0.39 is 18.3 Å². The van der Waals surface area contributed by atoms with Crippen molar-refractivity contribution in [1.29, 1.82) is 0 Å². The Hall–Kier alpha value is -0.490. The Kier molecular flexibility index (Phi) is 5.41. The van der Waals surface area contributed by atoms with Crippen molar-refractivity contribution in [3.8, 4) is 0 Å². The molecule has 0 radical (unpaired) electrons. The number of nitrogens with zero attached hydrogens (tertiary/aromatic N) is 1. The number of hydrogen-bond acceptors (Lipinski definition) is 8. The Morgan fingerprint density at radius 2 is 2.35 bits per heavy atom. The third-order valence-corrected chi connectivity index (χ3v) is 5.91. The molecular weight excluding hydrogens is 323 g/mol. The minimum atomic E-state index is -0.964. The van der Waals surface area contributed by atoms with Crippen molar-refractivity contribution in [1.82, 2.24) is 25.8 Å². The van der Waals surface area contributed by atoms with Gasteiger partial charge in [-0.05, 0) is 6.92 Å². The maximum atomic E-state index is 13.5. The number of hydrogen-bond donors (Lipinski definition) is 5. The number of halogens is 1. The zero-order valence-corrected chi connectivity index (χ0v) is 14.1. The lowest BCUT2D eigenvalue weighted by atomic mass is 9.99. The van der Waals surface area contributed by atoms with Gasteiger partial charge in [0.05, 0.1) is 30.2 Å². The zero-order valence-electron chi connectivity index (χ0n) is 13.3. The highest BCUT2D eigenvalue weighted by atomic mass is 32.2. The SMILES string of the molecule is COCC1C(C)NSC1NC(=O)C1C(N)NN2CC(F)CNC12. The van der Waals surface area contributed by atoms with E-state index in [1.807, 2.05) is 0 Å². The quantitative estimate of drug-likeness (QED) is 0.384. The van der Waals surface area contributed by atoms with Crippen molar-refractivity contribution in [2.75, 3.05) is 26.8 Å². The van der Waals surface area contributed by atoms with Crippen LogP contribution in [0.5, 0.6) is 0 Å². The molecule has 0 aromatic rings. The van der Waals surface area contributed by atoms with Crippen LogP contribution in [0.1, 0.15) is 6.92 Å². The first kappa shape index (κ1) is 17.3. The van der Waals surface area contributed by atoms with E-state index in [-0.39, 0.29) is 42.5 Å². The summed E-state index contributed by atoms with van der Waals surface area (Å²) >= 11 is 1.50. The van der Waals surface area contributed by atoms with Gasteiger partial charge in [-0.1, -0.05) is 11.9 Å². The van der Waals surface area contributed by atoms with E-state index in [0.717, 1.165) is 0 Å². The summed E-state index contributed by atoms with van der Waals surface area (Å²) < 4.78 is 22.0. The van der Waals surface area contributed by atoms with Crippen LogP contribution < -0.4 is 26.5 Å². The van der Waals surface area contributed by atoms with E-state index in [0.29, 0.717) is 6.61 Å². The van der Waals surface area contributed by atoms with E-state index in [9.17, 15) is 9.18 Å². The van der Waals surface area contributed by atoms with Crippen molar-refractivity contribution in [2.24, 2.45) is 17.6 Å². The van der Waals surface area contributed by atoms with E-state index in [1.54, 1.807) is 12.1 Å². The van der Waals surface area contributed by atoms with Crippen LogP contribution in [0.4, 0.5) is 4.39 Å². The van der Waals surface area contributed by atoms with Gasteiger partial charge in [-0.15, -0.1) is 0 Å². The maximum Gasteiger partial charge on any atom is 0.230 e. The van der Waals surface area contributed by atoms with Crippen LogP contribution in [-0.2, 0) is 9.53 Å². The van der Waals surface area contributed by atoms with Gasteiger partial charge in [0.15, 0.2) is 0 Å². The highest BCUT2D eigenvalue weighted by Gasteiger charge is 2.48. The highest BCUT2D eigenvalue weighted by Crippen LogP contribution is 2.29. The average molecular weight is 348 g/mol. The van der Waals surface area contributed by atoms with Crippen LogP contribution in [-0.4, -0.2) is 67.6 Å². The minimum absolute atomic E-state index is 0.0729. The molecule has 7 atom stereocenters. The Morgan fingerprint density at radius 3 is 3.09 bits per heavy atom. The van der Waals surface area contributed by atoms with Crippen LogP contribution in [0.3, 0.4) is 0 Å². The van der Waals surface area contributed by atoms with Gasteiger partial charge in [-0.3, -0.25) is 14.8 Å². The fourth-order valence-corrected chi connectivity index (χ4v) is 4.59. The molecule has 7 unspecified atom stereocenters. The van der Waals surface area contributed by atoms with Crippen LogP contribution in [0.2, 0.25) is 0 Å². The van der Waals surface area contributed by atoms with Crippen molar-refractivity contribution in [3.63, 3.8) is 0 Å². The summed E-state index contributed by atoms with van der Waals surface area (Å²) in [6.07, 6.45) is -1.78. The average Bonchev–Trinajstić information content (AvgIpc) is 3.00. The maximum absolute atomic E-state index is 13.5. The van der Waals surface area contributed by atoms with Gasteiger partial charge in [0, 0.05) is 32.2 Å². The Bertz CT molecular complexity index is 447. The molecule has 0 aliphatic carbocycles. The van der Waals surface area contributed by atoms with Gasteiger partial charge in [-0.25, -0.2) is 14.8 Å². The summed E-state index contributed by atoms with van der Waals surface area (Å²) in [5.74, 6) is -0.413. The van der Waals surface area contributed by atoms with Crippen LogP contribution in [0, 0.1) is 11.8 Å². The molecule has 3 aliphatic rings. The van der Waals surface area contributed by atoms with E-state index >= 15 is 0 Å². The fourth-order valence-electron chi connectivity index (χ4n) is 3.39. The van der Waals surface area contributed by atoms with Crippen molar-refractivity contribution in [2.45, 2.75) is 36.8 Å². The number of nitrogens with two attached hydrogens (primary N) is 1. The second-order valence-electron chi connectivity index (χ2n) is 6.36. The first-order valence-corrected chi connectivity index (χ1v) is 8.75. The second kappa shape index (κ2) is 7.18. The number of hydrazine groups is 1. The van der Waals surface area contributed by atoms with Gasteiger partial charge in [0.2, 0.25) is 5.91 Å². The van der Waals surface area contributed by atoms with Crippen LogP contribution >= 0.6 is 11.9 Å². The largest absolute Gasteiger partial charge is 0.384 e. The molecule has 10 heteroatoms. The normalized spacial score (nSPS) is 44.3. The molecule has 1 amide bonds. The number of alkyl halides is 1. The smallest absolute Gasteiger partial charge is 0.230 e. The third kappa shape index (κ3) is 3.48. The van der Waals surface area contributed by atoms with Crippen LogP contribution in [0.25, 0.3) is 0 Å². The highest BCUT2D eigenvalue weighted by molar-refractivity contribution is 7.98. The van der Waals surface area contributed by atoms with Gasteiger partial charge in [0.25, 0.3) is 0 Å². The molecule has 0 saturated carbocycles. The zero-order chi connectivity index (χ0) is 16.6. The van der Waals surface area contributed by atoms with Gasteiger partial charge >= 0.3 is 0 Å². The summed E-state index contributed by atoms with van der Waals surface area (Å²) in [7, 11) is 1.66. The van der Waals surface area contributed by atoms with Gasteiger partial charge < -0.3 is 15.8 Å². The number of methoxy groups -OCH3 is 1. The number of ether oxygens (including phenoxy) is 1. The molecule has 3 heterocycles. The molecule has 3 fully saturated rings. The second-order valence-corrected chi connectivity index (χ2v) is 7.34. The minimum Gasteiger partial charge on any atom is -0.384 e. The fraction of sp³-hybridized carbons (Fsp3) is 0.923. The number of nitrogens with one attached hydrogen (secondary N) is 4. The summed E-state index contributed by atoms with van der Waals surface area (Å²) in [6.45, 7) is 3.11. The lowest BCUT2D eigenvalue weighted by molar-refractivity contribution is -0.127.